The summed E-state index contributed by atoms with van der Waals surface area (Å²) >= 11 is 5.81. The van der Waals surface area contributed by atoms with Crippen LogP contribution in [0.3, 0.4) is 0 Å². The van der Waals surface area contributed by atoms with Crippen molar-refractivity contribution in [3.63, 3.8) is 0 Å². The molecule has 1 heterocycles. The average molecular weight is 542 g/mol. The van der Waals surface area contributed by atoms with E-state index in [1.807, 2.05) is 0 Å². The standard InChI is InChI=1S/C19H20ClN7O6S2/c1-10-7-16(27-26-13-4-5-14(20)17(8-13)35(31,32)33)11(2)6-15(10)24-19-23-12(3)22-18(25-19)21-9-34(28,29)30/h4-8H,9H2,1-3H3,(H,28,29,30)(H,31,32,33)(H2,21,22,23,24,25)/b27-26+. The molecule has 13 nitrogen and oxygen atoms in total. The molecule has 2 aromatic carbocycles. The van der Waals surface area contributed by atoms with Crippen LogP contribution >= 0.6 is 11.6 Å². The Hall–Kier alpha value is -3.24. The van der Waals surface area contributed by atoms with Gasteiger partial charge in [-0.3, -0.25) is 9.11 Å². The highest BCUT2D eigenvalue weighted by Gasteiger charge is 2.15. The molecule has 0 amide bonds. The minimum Gasteiger partial charge on any atom is -0.338 e. The van der Waals surface area contributed by atoms with Crippen molar-refractivity contribution >= 4 is 60.8 Å². The lowest BCUT2D eigenvalue weighted by Crippen LogP contribution is -2.16. The zero-order valence-corrected chi connectivity index (χ0v) is 20.9. The topological polar surface area (TPSA) is 196 Å². The zero-order valence-electron chi connectivity index (χ0n) is 18.6. The van der Waals surface area contributed by atoms with E-state index in [1.54, 1.807) is 32.9 Å². The zero-order chi connectivity index (χ0) is 26.0. The van der Waals surface area contributed by atoms with Gasteiger partial charge in [0.15, 0.2) is 0 Å². The predicted octanol–water partition coefficient (Wildman–Crippen LogP) is 4.11. The minimum atomic E-state index is -4.51. The third kappa shape index (κ3) is 7.37. The highest BCUT2D eigenvalue weighted by atomic mass is 35.5. The second-order valence-corrected chi connectivity index (χ2v) is 10.6. The number of aromatic nitrogens is 3. The van der Waals surface area contributed by atoms with Crippen molar-refractivity contribution in [2.24, 2.45) is 10.2 Å². The molecule has 0 unspecified atom stereocenters. The maximum atomic E-state index is 11.4. The third-order valence-electron chi connectivity index (χ3n) is 4.42. The lowest BCUT2D eigenvalue weighted by atomic mass is 10.1. The van der Waals surface area contributed by atoms with E-state index in [9.17, 15) is 21.4 Å². The van der Waals surface area contributed by atoms with Gasteiger partial charge in [-0.25, -0.2) is 0 Å². The van der Waals surface area contributed by atoms with E-state index < -0.39 is 31.0 Å². The van der Waals surface area contributed by atoms with E-state index in [0.29, 0.717) is 22.8 Å². The van der Waals surface area contributed by atoms with Crippen LogP contribution in [0, 0.1) is 20.8 Å². The molecule has 3 rings (SSSR count). The molecule has 0 saturated heterocycles. The van der Waals surface area contributed by atoms with Crippen LogP contribution < -0.4 is 10.6 Å². The van der Waals surface area contributed by atoms with E-state index in [0.717, 1.165) is 11.6 Å². The van der Waals surface area contributed by atoms with Crippen molar-refractivity contribution in [3.05, 3.63) is 52.3 Å². The number of rotatable bonds is 8. The molecule has 0 aliphatic rings. The number of azo groups is 1. The van der Waals surface area contributed by atoms with E-state index in [4.69, 9.17) is 16.2 Å². The Kier molecular flexibility index (Phi) is 7.66. The van der Waals surface area contributed by atoms with Crippen molar-refractivity contribution in [2.45, 2.75) is 25.7 Å². The molecular weight excluding hydrogens is 522 g/mol. The summed E-state index contributed by atoms with van der Waals surface area (Å²) in [6, 6.07) is 7.34. The number of halogens is 1. The fourth-order valence-electron chi connectivity index (χ4n) is 2.80. The largest absolute Gasteiger partial charge is 0.338 e. The lowest BCUT2D eigenvalue weighted by Gasteiger charge is -2.12. The number of hydrogen-bond donors (Lipinski definition) is 4. The summed E-state index contributed by atoms with van der Waals surface area (Å²) in [7, 11) is -8.77. The fourth-order valence-corrected chi connectivity index (χ4v) is 4.11. The van der Waals surface area contributed by atoms with E-state index >= 15 is 0 Å². The second kappa shape index (κ2) is 10.2. The van der Waals surface area contributed by atoms with Crippen LogP contribution in [-0.2, 0) is 20.2 Å². The maximum Gasteiger partial charge on any atom is 0.296 e. The summed E-state index contributed by atoms with van der Waals surface area (Å²) in [6.45, 7) is 5.17. The molecule has 0 aliphatic heterocycles. The molecule has 0 saturated carbocycles. The van der Waals surface area contributed by atoms with Gasteiger partial charge in [-0.1, -0.05) is 11.6 Å². The van der Waals surface area contributed by atoms with Crippen molar-refractivity contribution in [3.8, 4) is 0 Å². The average Bonchev–Trinajstić information content (AvgIpc) is 2.73. The third-order valence-corrected chi connectivity index (χ3v) is 6.26. The van der Waals surface area contributed by atoms with Gasteiger partial charge in [0, 0.05) is 5.69 Å². The molecule has 0 radical (unpaired) electrons. The number of hydrogen-bond acceptors (Lipinski definition) is 11. The minimum absolute atomic E-state index is 0.0374. The molecule has 0 atom stereocenters. The smallest absolute Gasteiger partial charge is 0.296 e. The van der Waals surface area contributed by atoms with Crippen molar-refractivity contribution < 1.29 is 25.9 Å². The SMILES string of the molecule is Cc1nc(NCS(=O)(=O)O)nc(Nc2cc(C)c(/N=N/c3ccc(Cl)c(S(=O)(=O)O)c3)cc2C)n1. The van der Waals surface area contributed by atoms with Crippen LogP contribution in [0.4, 0.5) is 29.0 Å². The Balaban J connectivity index is 1.84. The Bertz CT molecular complexity index is 1530. The molecule has 0 spiro atoms. The molecule has 1 aromatic heterocycles. The van der Waals surface area contributed by atoms with Crippen LogP contribution in [0.2, 0.25) is 5.02 Å². The van der Waals surface area contributed by atoms with Crippen LogP contribution in [0.25, 0.3) is 0 Å². The highest BCUT2D eigenvalue weighted by Crippen LogP contribution is 2.31. The summed E-state index contributed by atoms with van der Waals surface area (Å²) in [5, 5.41) is 13.5. The number of benzene rings is 2. The second-order valence-electron chi connectivity index (χ2n) is 7.30. The fraction of sp³-hybridized carbons (Fsp3) is 0.211. The number of nitrogens with one attached hydrogen (secondary N) is 2. The van der Waals surface area contributed by atoms with Crippen molar-refractivity contribution in [1.82, 2.24) is 15.0 Å². The molecule has 0 aliphatic carbocycles. The van der Waals surface area contributed by atoms with Gasteiger partial charge in [0.1, 0.15) is 16.6 Å². The highest BCUT2D eigenvalue weighted by molar-refractivity contribution is 7.86. The van der Waals surface area contributed by atoms with E-state index in [1.165, 1.54) is 12.1 Å². The molecule has 0 bridgehead atoms. The van der Waals surface area contributed by atoms with Crippen LogP contribution in [0.15, 0.2) is 45.5 Å². The quantitative estimate of drug-likeness (QED) is 0.236. The Labute approximate surface area is 206 Å². The van der Waals surface area contributed by atoms with Crippen LogP contribution in [0.1, 0.15) is 17.0 Å². The van der Waals surface area contributed by atoms with Gasteiger partial charge in [-0.15, -0.1) is 0 Å². The van der Waals surface area contributed by atoms with Gasteiger partial charge in [-0.2, -0.15) is 42.0 Å². The molecule has 3 aromatic rings. The van der Waals surface area contributed by atoms with E-state index in [2.05, 4.69) is 35.8 Å². The molecule has 0 fully saturated rings. The first kappa shape index (κ1) is 26.4. The van der Waals surface area contributed by atoms with Crippen LogP contribution in [0.5, 0.6) is 0 Å². The Morgan fingerprint density at radius 2 is 1.60 bits per heavy atom. The van der Waals surface area contributed by atoms with Crippen LogP contribution in [-0.4, -0.2) is 46.8 Å². The van der Waals surface area contributed by atoms with Crippen molar-refractivity contribution in [2.75, 3.05) is 16.5 Å². The Morgan fingerprint density at radius 1 is 0.914 bits per heavy atom. The summed E-state index contributed by atoms with van der Waals surface area (Å²) < 4.78 is 62.9. The summed E-state index contributed by atoms with van der Waals surface area (Å²) in [5.74, 6) is -0.337. The van der Waals surface area contributed by atoms with Gasteiger partial charge < -0.3 is 10.6 Å². The molecule has 186 valence electrons. The maximum absolute atomic E-state index is 11.4. The summed E-state index contributed by atoms with van der Waals surface area (Å²) in [4.78, 5) is 11.8. The van der Waals surface area contributed by atoms with E-state index in [-0.39, 0.29) is 22.6 Å². The first-order valence-electron chi connectivity index (χ1n) is 9.70. The first-order chi connectivity index (χ1) is 16.2. The monoisotopic (exact) mass is 541 g/mol. The summed E-state index contributed by atoms with van der Waals surface area (Å²) in [6.07, 6.45) is 0. The predicted molar refractivity (Wildman–Crippen MR) is 129 cm³/mol. The van der Waals surface area contributed by atoms with Gasteiger partial charge in [0.2, 0.25) is 11.9 Å². The number of anilines is 3. The van der Waals surface area contributed by atoms with Gasteiger partial charge >= 0.3 is 0 Å². The Morgan fingerprint density at radius 3 is 2.26 bits per heavy atom. The molecule has 16 heteroatoms. The van der Waals surface area contributed by atoms with Gasteiger partial charge in [0.05, 0.1) is 16.4 Å². The van der Waals surface area contributed by atoms with Crippen molar-refractivity contribution in [1.29, 1.82) is 0 Å². The molecule has 35 heavy (non-hydrogen) atoms. The number of aryl methyl sites for hydroxylation is 3. The lowest BCUT2D eigenvalue weighted by molar-refractivity contribution is 0.481. The van der Waals surface area contributed by atoms with Gasteiger partial charge in [-0.05, 0) is 62.2 Å². The molecule has 4 N–H and O–H groups in total. The summed E-state index contributed by atoms with van der Waals surface area (Å²) in [5.41, 5.74) is 2.75. The normalized spacial score (nSPS) is 12.2. The number of nitrogens with zero attached hydrogens (tertiary/aromatic N) is 5. The molecular formula is C19H20ClN7O6S2. The van der Waals surface area contributed by atoms with Gasteiger partial charge in [0.25, 0.3) is 20.2 Å². The first-order valence-corrected chi connectivity index (χ1v) is 13.1.